The fourth-order valence-electron chi connectivity index (χ4n) is 2.28. The number of hydrogen-bond donors (Lipinski definition) is 1. The monoisotopic (exact) mass is 275 g/mol. The van der Waals surface area contributed by atoms with Crippen LogP contribution in [-0.2, 0) is 0 Å². The van der Waals surface area contributed by atoms with Gasteiger partial charge in [0.1, 0.15) is 0 Å². The molecule has 19 heavy (non-hydrogen) atoms. The van der Waals surface area contributed by atoms with Crippen molar-refractivity contribution in [2.24, 2.45) is 5.92 Å². The van der Waals surface area contributed by atoms with E-state index in [1.807, 2.05) is 0 Å². The SMILES string of the molecule is CCNS1(CCC(C)C)C=CC(c2ccccc2)=C1. The molecule has 0 amide bonds. The topological polar surface area (TPSA) is 12.0 Å². The average molecular weight is 275 g/mol. The molecule has 1 heterocycles. The first kappa shape index (κ1) is 14.4. The fourth-order valence-corrected chi connectivity index (χ4v) is 5.40. The molecule has 2 heteroatoms. The largest absolute Gasteiger partial charge is 0.274 e. The van der Waals surface area contributed by atoms with Crippen LogP contribution in [0.25, 0.3) is 5.57 Å². The maximum Gasteiger partial charge on any atom is 0.00210 e. The van der Waals surface area contributed by atoms with Crippen LogP contribution < -0.4 is 4.72 Å². The van der Waals surface area contributed by atoms with E-state index in [9.17, 15) is 0 Å². The molecule has 2 rings (SSSR count). The Balaban J connectivity index is 2.19. The minimum absolute atomic E-state index is 0.769. The van der Waals surface area contributed by atoms with Crippen molar-refractivity contribution in [3.05, 3.63) is 52.8 Å². The van der Waals surface area contributed by atoms with Gasteiger partial charge in [0.2, 0.25) is 0 Å². The fraction of sp³-hybridized carbons (Fsp3) is 0.412. The van der Waals surface area contributed by atoms with Gasteiger partial charge in [0.05, 0.1) is 0 Å². The highest BCUT2D eigenvalue weighted by molar-refractivity contribution is 8.37. The molecule has 0 aliphatic carbocycles. The van der Waals surface area contributed by atoms with Crippen LogP contribution in [0.5, 0.6) is 0 Å². The Kier molecular flexibility index (Phi) is 4.89. The lowest BCUT2D eigenvalue weighted by Gasteiger charge is -2.33. The molecule has 0 saturated heterocycles. The van der Waals surface area contributed by atoms with E-state index in [2.05, 4.69) is 72.7 Å². The summed E-state index contributed by atoms with van der Waals surface area (Å²) in [6.45, 7) is 7.85. The normalized spacial score (nSPS) is 25.4. The van der Waals surface area contributed by atoms with Crippen molar-refractivity contribution in [3.8, 4) is 0 Å². The third-order valence-corrected chi connectivity index (χ3v) is 6.41. The van der Waals surface area contributed by atoms with Crippen molar-refractivity contribution < 1.29 is 0 Å². The Morgan fingerprint density at radius 3 is 2.53 bits per heavy atom. The summed E-state index contributed by atoms with van der Waals surface area (Å²) in [6, 6.07) is 10.7. The zero-order valence-electron chi connectivity index (χ0n) is 12.2. The summed E-state index contributed by atoms with van der Waals surface area (Å²) in [6.07, 6.45) is 3.58. The lowest BCUT2D eigenvalue weighted by atomic mass is 10.1. The molecule has 0 bridgehead atoms. The Labute approximate surface area is 119 Å². The van der Waals surface area contributed by atoms with Crippen molar-refractivity contribution in [3.63, 3.8) is 0 Å². The molecule has 1 nitrogen and oxygen atoms in total. The number of hydrogen-bond acceptors (Lipinski definition) is 1. The van der Waals surface area contributed by atoms with Gasteiger partial charge >= 0.3 is 0 Å². The Bertz CT molecular complexity index is 461. The van der Waals surface area contributed by atoms with Gasteiger partial charge in [0.15, 0.2) is 0 Å². The molecule has 1 aliphatic rings. The van der Waals surface area contributed by atoms with E-state index in [4.69, 9.17) is 0 Å². The highest BCUT2D eigenvalue weighted by Crippen LogP contribution is 2.54. The first-order chi connectivity index (χ1) is 9.15. The molecule has 1 N–H and O–H groups in total. The van der Waals surface area contributed by atoms with E-state index in [-0.39, 0.29) is 0 Å². The van der Waals surface area contributed by atoms with E-state index in [0.29, 0.717) is 0 Å². The van der Waals surface area contributed by atoms with Gasteiger partial charge in [-0.3, -0.25) is 4.72 Å². The summed E-state index contributed by atoms with van der Waals surface area (Å²) in [4.78, 5) is 0. The lowest BCUT2D eigenvalue weighted by Crippen LogP contribution is -2.19. The van der Waals surface area contributed by atoms with Gasteiger partial charge in [-0.1, -0.05) is 51.1 Å². The average Bonchev–Trinajstić information content (AvgIpc) is 2.83. The molecule has 0 aromatic heterocycles. The second-order valence-corrected chi connectivity index (χ2v) is 8.38. The standard InChI is InChI=1S/C17H25NS/c1-4-18-19(12-10-15(2)3)13-11-17(14-19)16-8-6-5-7-9-16/h5-9,11,13-15,18H,4,10,12H2,1-3H3. The van der Waals surface area contributed by atoms with Crippen molar-refractivity contribution in [2.45, 2.75) is 27.2 Å². The zero-order valence-corrected chi connectivity index (χ0v) is 13.0. The van der Waals surface area contributed by atoms with Crippen molar-refractivity contribution in [1.82, 2.24) is 4.72 Å². The molecule has 0 saturated carbocycles. The Hall–Kier alpha value is -0.990. The predicted octanol–water partition coefficient (Wildman–Crippen LogP) is 4.93. The molecule has 0 fully saturated rings. The highest BCUT2D eigenvalue weighted by atomic mass is 32.3. The minimum atomic E-state index is -0.896. The Morgan fingerprint density at radius 2 is 1.89 bits per heavy atom. The van der Waals surface area contributed by atoms with Crippen molar-refractivity contribution >= 4 is 15.8 Å². The maximum absolute atomic E-state index is 3.73. The van der Waals surface area contributed by atoms with Crippen LogP contribution in [-0.4, -0.2) is 12.3 Å². The lowest BCUT2D eigenvalue weighted by molar-refractivity contribution is 0.630. The molecule has 1 aromatic carbocycles. The first-order valence-corrected chi connectivity index (χ1v) is 9.09. The van der Waals surface area contributed by atoms with E-state index in [1.165, 1.54) is 23.3 Å². The summed E-state index contributed by atoms with van der Waals surface area (Å²) in [5.41, 5.74) is 2.70. The molecular weight excluding hydrogens is 250 g/mol. The van der Waals surface area contributed by atoms with Crippen molar-refractivity contribution in [2.75, 3.05) is 12.3 Å². The minimum Gasteiger partial charge on any atom is -0.274 e. The number of nitrogens with one attached hydrogen (secondary N) is 1. The highest BCUT2D eigenvalue weighted by Gasteiger charge is 2.22. The second kappa shape index (κ2) is 6.44. The maximum atomic E-state index is 3.73. The van der Waals surface area contributed by atoms with Gasteiger partial charge in [-0.2, -0.15) is 0 Å². The molecule has 1 aliphatic heterocycles. The molecule has 1 atom stereocenters. The summed E-state index contributed by atoms with van der Waals surface area (Å²) in [5, 5.41) is 4.90. The number of rotatable bonds is 6. The summed E-state index contributed by atoms with van der Waals surface area (Å²) >= 11 is 0. The van der Waals surface area contributed by atoms with Crippen LogP contribution in [0.4, 0.5) is 0 Å². The Morgan fingerprint density at radius 1 is 1.16 bits per heavy atom. The van der Waals surface area contributed by atoms with Crippen LogP contribution in [0.2, 0.25) is 0 Å². The van der Waals surface area contributed by atoms with E-state index in [0.717, 1.165) is 12.5 Å². The quantitative estimate of drug-likeness (QED) is 0.776. The first-order valence-electron chi connectivity index (χ1n) is 7.16. The number of benzene rings is 1. The summed E-state index contributed by atoms with van der Waals surface area (Å²) < 4.78 is 3.73. The van der Waals surface area contributed by atoms with Gasteiger partial charge in [-0.05, 0) is 46.1 Å². The van der Waals surface area contributed by atoms with E-state index in [1.54, 1.807) is 0 Å². The van der Waals surface area contributed by atoms with E-state index >= 15 is 0 Å². The summed E-state index contributed by atoms with van der Waals surface area (Å²) in [7, 11) is -0.896. The van der Waals surface area contributed by atoms with Gasteiger partial charge < -0.3 is 0 Å². The van der Waals surface area contributed by atoms with Gasteiger partial charge in [0, 0.05) is 6.54 Å². The number of allylic oxidation sites excluding steroid dienone is 2. The van der Waals surface area contributed by atoms with E-state index < -0.39 is 10.2 Å². The molecule has 1 unspecified atom stereocenters. The van der Waals surface area contributed by atoms with Gasteiger partial charge in [-0.15, -0.1) is 10.2 Å². The van der Waals surface area contributed by atoms with Crippen LogP contribution >= 0.6 is 10.2 Å². The molecule has 104 valence electrons. The molecule has 0 spiro atoms. The smallest absolute Gasteiger partial charge is 0.00210 e. The van der Waals surface area contributed by atoms with Crippen LogP contribution in [0.3, 0.4) is 0 Å². The zero-order chi connectivity index (χ0) is 13.7. The van der Waals surface area contributed by atoms with Crippen molar-refractivity contribution in [1.29, 1.82) is 0 Å². The third kappa shape index (κ3) is 3.74. The van der Waals surface area contributed by atoms with Crippen LogP contribution in [0, 0.1) is 5.92 Å². The second-order valence-electron chi connectivity index (χ2n) is 5.48. The summed E-state index contributed by atoms with van der Waals surface area (Å²) in [5.74, 6) is 2.02. The van der Waals surface area contributed by atoms with Gasteiger partial charge in [0.25, 0.3) is 0 Å². The molecular formula is C17H25NS. The predicted molar refractivity (Wildman–Crippen MR) is 89.1 cm³/mol. The molecule has 0 radical (unpaired) electrons. The third-order valence-electron chi connectivity index (χ3n) is 3.38. The van der Waals surface area contributed by atoms with Crippen LogP contribution in [0.15, 0.2) is 47.2 Å². The van der Waals surface area contributed by atoms with Crippen LogP contribution in [0.1, 0.15) is 32.8 Å². The van der Waals surface area contributed by atoms with Gasteiger partial charge in [-0.25, -0.2) is 0 Å². The molecule has 1 aromatic rings.